The van der Waals surface area contributed by atoms with Gasteiger partial charge in [0.1, 0.15) is 17.5 Å². The zero-order valence-electron chi connectivity index (χ0n) is 13.4. The minimum absolute atomic E-state index is 0.0841. The van der Waals surface area contributed by atoms with Crippen LogP contribution in [-0.4, -0.2) is 47.0 Å². The number of benzene rings is 1. The molecule has 1 aromatic carbocycles. The first-order valence-electron chi connectivity index (χ1n) is 7.42. The average molecular weight is 329 g/mol. The molecule has 5 nitrogen and oxygen atoms in total. The quantitative estimate of drug-likeness (QED) is 0.926. The fraction of sp³-hybridized carbons (Fsp3) is 0.562. The van der Waals surface area contributed by atoms with Crippen molar-refractivity contribution >= 4 is 6.09 Å². The van der Waals surface area contributed by atoms with Crippen LogP contribution in [0.5, 0.6) is 5.75 Å². The van der Waals surface area contributed by atoms with Gasteiger partial charge in [0.2, 0.25) is 0 Å². The van der Waals surface area contributed by atoms with Crippen LogP contribution in [0.4, 0.5) is 13.6 Å². The Labute approximate surface area is 133 Å². The van der Waals surface area contributed by atoms with Crippen LogP contribution in [0.2, 0.25) is 0 Å². The number of carbonyl (C=O) groups is 1. The molecular weight excluding hydrogens is 308 g/mol. The number of hydrogen-bond donors (Lipinski definition) is 1. The Kier molecular flexibility index (Phi) is 5.09. The zero-order chi connectivity index (χ0) is 17.2. The molecule has 1 N–H and O–H groups in total. The zero-order valence-corrected chi connectivity index (χ0v) is 13.4. The molecule has 0 aromatic heterocycles. The number of likely N-dealkylation sites (tertiary alicyclic amines) is 1. The third-order valence-corrected chi connectivity index (χ3v) is 3.40. The van der Waals surface area contributed by atoms with E-state index in [0.29, 0.717) is 6.42 Å². The maximum Gasteiger partial charge on any atom is 0.410 e. The minimum atomic E-state index is -0.804. The lowest BCUT2D eigenvalue weighted by Crippen LogP contribution is -2.41. The summed E-state index contributed by atoms with van der Waals surface area (Å²) in [5, 5.41) is 9.43. The summed E-state index contributed by atoms with van der Waals surface area (Å²) in [4.78, 5) is 13.5. The third kappa shape index (κ3) is 4.54. The highest BCUT2D eigenvalue weighted by atomic mass is 19.1. The van der Waals surface area contributed by atoms with Crippen molar-refractivity contribution in [1.82, 2.24) is 4.90 Å². The van der Waals surface area contributed by atoms with Gasteiger partial charge in [-0.1, -0.05) is 0 Å². The lowest BCUT2D eigenvalue weighted by atomic mass is 10.2. The lowest BCUT2D eigenvalue weighted by molar-refractivity contribution is 0.0165. The molecule has 23 heavy (non-hydrogen) atoms. The number of aliphatic hydroxyl groups excluding tert-OH is 1. The molecule has 0 bridgehead atoms. The van der Waals surface area contributed by atoms with Crippen LogP contribution in [0, 0.1) is 11.6 Å². The predicted octanol–water partition coefficient (Wildman–Crippen LogP) is 2.71. The van der Waals surface area contributed by atoms with Gasteiger partial charge >= 0.3 is 6.09 Å². The van der Waals surface area contributed by atoms with Crippen LogP contribution in [0.3, 0.4) is 0 Å². The Morgan fingerprint density at radius 3 is 2.65 bits per heavy atom. The Bertz CT molecular complexity index is 574. The second-order valence-electron chi connectivity index (χ2n) is 6.52. The van der Waals surface area contributed by atoms with Gasteiger partial charge in [-0.25, -0.2) is 13.6 Å². The molecule has 2 atom stereocenters. The Morgan fingerprint density at radius 1 is 1.39 bits per heavy atom. The first kappa shape index (κ1) is 17.5. The molecule has 128 valence electrons. The SMILES string of the molecule is CC(C)(C)OC(=O)N1CC(Oc2ccc(F)cc2F)C[C@H]1CO. The van der Waals surface area contributed by atoms with Gasteiger partial charge in [-0.2, -0.15) is 0 Å². The monoisotopic (exact) mass is 329 g/mol. The topological polar surface area (TPSA) is 59.0 Å². The van der Waals surface area contributed by atoms with Crippen LogP contribution in [0.1, 0.15) is 27.2 Å². The predicted molar refractivity (Wildman–Crippen MR) is 79.2 cm³/mol. The number of aliphatic hydroxyl groups is 1. The van der Waals surface area contributed by atoms with E-state index in [4.69, 9.17) is 9.47 Å². The molecule has 1 fully saturated rings. The van der Waals surface area contributed by atoms with Crippen LogP contribution >= 0.6 is 0 Å². The smallest absolute Gasteiger partial charge is 0.410 e. The molecule has 1 aromatic rings. The Hall–Kier alpha value is -1.89. The number of hydrogen-bond acceptors (Lipinski definition) is 4. The molecule has 1 heterocycles. The van der Waals surface area contributed by atoms with E-state index in [-0.39, 0.29) is 18.9 Å². The molecule has 1 unspecified atom stereocenters. The van der Waals surface area contributed by atoms with Crippen LogP contribution in [-0.2, 0) is 4.74 Å². The first-order chi connectivity index (χ1) is 10.7. The van der Waals surface area contributed by atoms with Gasteiger partial charge in [-0.15, -0.1) is 0 Å². The number of ether oxygens (including phenoxy) is 2. The Balaban J connectivity index is 2.05. The summed E-state index contributed by atoms with van der Waals surface area (Å²) >= 11 is 0. The van der Waals surface area contributed by atoms with E-state index in [0.717, 1.165) is 12.1 Å². The average Bonchev–Trinajstić information content (AvgIpc) is 2.83. The fourth-order valence-electron chi connectivity index (χ4n) is 2.43. The van der Waals surface area contributed by atoms with Gasteiger partial charge in [0.25, 0.3) is 0 Å². The second kappa shape index (κ2) is 6.70. The highest BCUT2D eigenvalue weighted by molar-refractivity contribution is 5.69. The highest BCUT2D eigenvalue weighted by Crippen LogP contribution is 2.26. The fourth-order valence-corrected chi connectivity index (χ4v) is 2.43. The highest BCUT2D eigenvalue weighted by Gasteiger charge is 2.38. The largest absolute Gasteiger partial charge is 0.485 e. The van der Waals surface area contributed by atoms with E-state index in [1.54, 1.807) is 20.8 Å². The van der Waals surface area contributed by atoms with Gasteiger partial charge in [0.15, 0.2) is 11.6 Å². The van der Waals surface area contributed by atoms with Crippen molar-refractivity contribution in [2.45, 2.75) is 44.9 Å². The Morgan fingerprint density at radius 2 is 2.09 bits per heavy atom. The molecule has 0 saturated carbocycles. The molecule has 2 rings (SSSR count). The van der Waals surface area contributed by atoms with Crippen molar-refractivity contribution in [3.63, 3.8) is 0 Å². The van der Waals surface area contributed by atoms with Gasteiger partial charge in [-0.05, 0) is 32.9 Å². The molecule has 1 aliphatic heterocycles. The number of amides is 1. The van der Waals surface area contributed by atoms with Crippen LogP contribution in [0.15, 0.2) is 18.2 Å². The van der Waals surface area contributed by atoms with Crippen molar-refractivity contribution in [2.24, 2.45) is 0 Å². The van der Waals surface area contributed by atoms with E-state index in [2.05, 4.69) is 0 Å². The molecule has 1 saturated heterocycles. The summed E-state index contributed by atoms with van der Waals surface area (Å²) in [6.45, 7) is 5.16. The lowest BCUT2D eigenvalue weighted by Gasteiger charge is -2.27. The van der Waals surface area contributed by atoms with E-state index < -0.39 is 35.5 Å². The first-order valence-corrected chi connectivity index (χ1v) is 7.42. The van der Waals surface area contributed by atoms with Crippen LogP contribution in [0.25, 0.3) is 0 Å². The second-order valence-corrected chi connectivity index (χ2v) is 6.52. The summed E-state index contributed by atoms with van der Waals surface area (Å²) in [5.74, 6) is -1.58. The van der Waals surface area contributed by atoms with Crippen molar-refractivity contribution in [3.8, 4) is 5.75 Å². The maximum atomic E-state index is 13.6. The minimum Gasteiger partial charge on any atom is -0.485 e. The molecule has 1 amide bonds. The number of rotatable bonds is 3. The summed E-state index contributed by atoms with van der Waals surface area (Å²) in [7, 11) is 0. The molecule has 0 spiro atoms. The number of nitrogens with zero attached hydrogens (tertiary/aromatic N) is 1. The number of halogens is 2. The summed E-state index contributed by atoms with van der Waals surface area (Å²) < 4.78 is 37.3. The normalized spacial score (nSPS) is 21.4. The van der Waals surface area contributed by atoms with Crippen molar-refractivity contribution in [3.05, 3.63) is 29.8 Å². The number of carbonyl (C=O) groups excluding carboxylic acids is 1. The molecule has 0 aliphatic carbocycles. The van der Waals surface area contributed by atoms with E-state index in [1.807, 2.05) is 0 Å². The van der Waals surface area contributed by atoms with Crippen LogP contribution < -0.4 is 4.74 Å². The standard InChI is InChI=1S/C16H21F2NO4/c1-16(2,3)23-15(21)19-8-12(7-11(19)9-20)22-14-5-4-10(17)6-13(14)18/h4-6,11-12,20H,7-9H2,1-3H3/t11-,12?/m0/s1. The molecular formula is C16H21F2NO4. The maximum absolute atomic E-state index is 13.6. The molecule has 0 radical (unpaired) electrons. The van der Waals surface area contributed by atoms with E-state index in [1.165, 1.54) is 11.0 Å². The molecule has 7 heteroatoms. The van der Waals surface area contributed by atoms with Gasteiger partial charge in [-0.3, -0.25) is 4.90 Å². The van der Waals surface area contributed by atoms with E-state index >= 15 is 0 Å². The van der Waals surface area contributed by atoms with Gasteiger partial charge < -0.3 is 14.6 Å². The van der Waals surface area contributed by atoms with Crippen molar-refractivity contribution in [2.75, 3.05) is 13.2 Å². The van der Waals surface area contributed by atoms with Crippen molar-refractivity contribution in [1.29, 1.82) is 0 Å². The van der Waals surface area contributed by atoms with Gasteiger partial charge in [0, 0.05) is 12.5 Å². The van der Waals surface area contributed by atoms with Gasteiger partial charge in [0.05, 0.1) is 19.2 Å². The van der Waals surface area contributed by atoms with Crippen molar-refractivity contribution < 1.29 is 28.2 Å². The molecule has 1 aliphatic rings. The van der Waals surface area contributed by atoms with E-state index in [9.17, 15) is 18.7 Å². The summed E-state index contributed by atoms with van der Waals surface area (Å²) in [5.41, 5.74) is -0.654. The summed E-state index contributed by atoms with van der Waals surface area (Å²) in [6.07, 6.45) is -0.714. The summed E-state index contributed by atoms with van der Waals surface area (Å²) in [6, 6.07) is 2.58. The third-order valence-electron chi connectivity index (χ3n) is 3.40.